The Labute approximate surface area is 76.5 Å². The Balaban J connectivity index is 2.28. The van der Waals surface area contributed by atoms with Crippen molar-refractivity contribution in [3.05, 3.63) is 0 Å². The van der Waals surface area contributed by atoms with Gasteiger partial charge in [0, 0.05) is 19.1 Å². The molecule has 0 aromatic carbocycles. The van der Waals surface area contributed by atoms with E-state index < -0.39 is 0 Å². The maximum absolute atomic E-state index is 2.51. The van der Waals surface area contributed by atoms with Crippen LogP contribution in [0.4, 0.5) is 0 Å². The van der Waals surface area contributed by atoms with E-state index in [2.05, 4.69) is 37.7 Å². The van der Waals surface area contributed by atoms with E-state index in [1.54, 1.807) is 0 Å². The molecule has 0 radical (unpaired) electrons. The number of likely N-dealkylation sites (N-methyl/N-ethyl adjacent to an activating group) is 2. The van der Waals surface area contributed by atoms with Gasteiger partial charge in [0.15, 0.2) is 0 Å². The molecule has 0 bridgehead atoms. The summed E-state index contributed by atoms with van der Waals surface area (Å²) < 4.78 is 0. The minimum atomic E-state index is 0.793. The normalized spacial score (nSPS) is 26.0. The van der Waals surface area contributed by atoms with Crippen molar-refractivity contribution >= 4 is 0 Å². The zero-order chi connectivity index (χ0) is 9.14. The van der Waals surface area contributed by atoms with E-state index in [1.807, 2.05) is 0 Å². The van der Waals surface area contributed by atoms with Crippen LogP contribution in [0, 0.1) is 5.92 Å². The standard InChI is InChI=1S/C10H22N2/c1-9(2)7-12(4)10-5-6-11(3)8-10/h9-10H,5-8H2,1-4H3. The second kappa shape index (κ2) is 4.24. The average molecular weight is 170 g/mol. The molecule has 0 N–H and O–H groups in total. The molecule has 0 spiro atoms. The van der Waals surface area contributed by atoms with Crippen molar-refractivity contribution in [2.75, 3.05) is 33.7 Å². The lowest BCUT2D eigenvalue weighted by atomic mass is 10.1. The molecule has 1 fully saturated rings. The fourth-order valence-corrected chi connectivity index (χ4v) is 2.00. The largest absolute Gasteiger partial charge is 0.305 e. The molecule has 1 unspecified atom stereocenters. The summed E-state index contributed by atoms with van der Waals surface area (Å²) in [6.07, 6.45) is 1.35. The van der Waals surface area contributed by atoms with Crippen LogP contribution in [-0.4, -0.2) is 49.6 Å². The van der Waals surface area contributed by atoms with E-state index in [1.165, 1.54) is 26.1 Å². The SMILES string of the molecule is CC(C)CN(C)C1CCN(C)C1. The topological polar surface area (TPSA) is 6.48 Å². The molecule has 1 heterocycles. The van der Waals surface area contributed by atoms with Crippen molar-refractivity contribution in [2.24, 2.45) is 5.92 Å². The lowest BCUT2D eigenvalue weighted by Gasteiger charge is -2.25. The van der Waals surface area contributed by atoms with Crippen molar-refractivity contribution in [3.63, 3.8) is 0 Å². The summed E-state index contributed by atoms with van der Waals surface area (Å²) in [5.74, 6) is 0.793. The third kappa shape index (κ3) is 2.76. The van der Waals surface area contributed by atoms with Crippen molar-refractivity contribution in [1.82, 2.24) is 9.80 Å². The second-order valence-corrected chi connectivity index (χ2v) is 4.54. The van der Waals surface area contributed by atoms with E-state index in [4.69, 9.17) is 0 Å². The zero-order valence-electron chi connectivity index (χ0n) is 8.88. The number of hydrogen-bond acceptors (Lipinski definition) is 2. The molecule has 2 nitrogen and oxygen atoms in total. The van der Waals surface area contributed by atoms with Gasteiger partial charge < -0.3 is 9.80 Å². The first-order chi connectivity index (χ1) is 5.59. The Morgan fingerprint density at radius 2 is 2.17 bits per heavy atom. The van der Waals surface area contributed by atoms with Gasteiger partial charge >= 0.3 is 0 Å². The fraction of sp³-hybridized carbons (Fsp3) is 1.00. The van der Waals surface area contributed by atoms with Gasteiger partial charge in [-0.15, -0.1) is 0 Å². The molecule has 12 heavy (non-hydrogen) atoms. The Hall–Kier alpha value is -0.0800. The molecule has 2 heteroatoms. The molecule has 0 amide bonds. The molecule has 1 aliphatic heterocycles. The smallest absolute Gasteiger partial charge is 0.0232 e. The molecule has 0 saturated carbocycles. The minimum absolute atomic E-state index is 0.793. The highest BCUT2D eigenvalue weighted by atomic mass is 15.2. The van der Waals surface area contributed by atoms with Crippen molar-refractivity contribution in [2.45, 2.75) is 26.3 Å². The van der Waals surface area contributed by atoms with E-state index >= 15 is 0 Å². The van der Waals surface area contributed by atoms with E-state index in [0.29, 0.717) is 0 Å². The highest BCUT2D eigenvalue weighted by Crippen LogP contribution is 2.13. The Morgan fingerprint density at radius 1 is 1.50 bits per heavy atom. The van der Waals surface area contributed by atoms with Crippen LogP contribution in [0.25, 0.3) is 0 Å². The van der Waals surface area contributed by atoms with Gasteiger partial charge in [-0.05, 0) is 33.0 Å². The summed E-state index contributed by atoms with van der Waals surface area (Å²) in [4.78, 5) is 4.93. The van der Waals surface area contributed by atoms with Crippen molar-refractivity contribution in [3.8, 4) is 0 Å². The molecular weight excluding hydrogens is 148 g/mol. The molecule has 1 rings (SSSR count). The lowest BCUT2D eigenvalue weighted by molar-refractivity contribution is 0.218. The Kier molecular flexibility index (Phi) is 3.53. The van der Waals surface area contributed by atoms with Gasteiger partial charge in [0.25, 0.3) is 0 Å². The quantitative estimate of drug-likeness (QED) is 0.629. The second-order valence-electron chi connectivity index (χ2n) is 4.54. The van der Waals surface area contributed by atoms with Crippen LogP contribution in [0.5, 0.6) is 0 Å². The summed E-state index contributed by atoms with van der Waals surface area (Å²) in [5.41, 5.74) is 0. The van der Waals surface area contributed by atoms with Crippen LogP contribution in [0.2, 0.25) is 0 Å². The summed E-state index contributed by atoms with van der Waals surface area (Å²) >= 11 is 0. The first kappa shape index (κ1) is 10.0. The molecule has 0 aliphatic carbocycles. The number of rotatable bonds is 3. The number of nitrogens with zero attached hydrogens (tertiary/aromatic N) is 2. The summed E-state index contributed by atoms with van der Waals surface area (Å²) in [7, 11) is 4.47. The third-order valence-electron chi connectivity index (χ3n) is 2.64. The summed E-state index contributed by atoms with van der Waals surface area (Å²) in [6, 6.07) is 0.803. The van der Waals surface area contributed by atoms with Gasteiger partial charge in [-0.1, -0.05) is 13.8 Å². The van der Waals surface area contributed by atoms with Gasteiger partial charge in [-0.2, -0.15) is 0 Å². The van der Waals surface area contributed by atoms with Gasteiger partial charge in [0.2, 0.25) is 0 Å². The Bertz CT molecular complexity index is 134. The van der Waals surface area contributed by atoms with Crippen LogP contribution in [0.15, 0.2) is 0 Å². The lowest BCUT2D eigenvalue weighted by Crippen LogP contribution is -2.36. The van der Waals surface area contributed by atoms with Crippen LogP contribution >= 0.6 is 0 Å². The molecule has 0 aromatic rings. The first-order valence-corrected chi connectivity index (χ1v) is 4.98. The summed E-state index contributed by atoms with van der Waals surface area (Å²) in [6.45, 7) is 8.33. The monoisotopic (exact) mass is 170 g/mol. The molecular formula is C10H22N2. The molecule has 1 saturated heterocycles. The van der Waals surface area contributed by atoms with Gasteiger partial charge in [0.05, 0.1) is 0 Å². The van der Waals surface area contributed by atoms with Gasteiger partial charge in [-0.25, -0.2) is 0 Å². The van der Waals surface area contributed by atoms with Crippen LogP contribution in [-0.2, 0) is 0 Å². The van der Waals surface area contributed by atoms with E-state index in [0.717, 1.165) is 12.0 Å². The maximum atomic E-state index is 2.51. The molecule has 0 aromatic heterocycles. The first-order valence-electron chi connectivity index (χ1n) is 4.98. The van der Waals surface area contributed by atoms with Gasteiger partial charge in [0.1, 0.15) is 0 Å². The third-order valence-corrected chi connectivity index (χ3v) is 2.64. The zero-order valence-corrected chi connectivity index (χ0v) is 8.88. The predicted octanol–water partition coefficient (Wildman–Crippen LogP) is 1.28. The highest BCUT2D eigenvalue weighted by Gasteiger charge is 2.22. The van der Waals surface area contributed by atoms with Crippen LogP contribution in [0.3, 0.4) is 0 Å². The van der Waals surface area contributed by atoms with Gasteiger partial charge in [-0.3, -0.25) is 0 Å². The van der Waals surface area contributed by atoms with Crippen LogP contribution in [0.1, 0.15) is 20.3 Å². The summed E-state index contributed by atoms with van der Waals surface area (Å²) in [5, 5.41) is 0. The fourth-order valence-electron chi connectivity index (χ4n) is 2.00. The predicted molar refractivity (Wildman–Crippen MR) is 53.4 cm³/mol. The molecule has 1 aliphatic rings. The maximum Gasteiger partial charge on any atom is 0.0232 e. The van der Waals surface area contributed by atoms with Crippen molar-refractivity contribution < 1.29 is 0 Å². The van der Waals surface area contributed by atoms with E-state index in [-0.39, 0.29) is 0 Å². The number of hydrogen-bond donors (Lipinski definition) is 0. The Morgan fingerprint density at radius 3 is 2.58 bits per heavy atom. The number of likely N-dealkylation sites (tertiary alicyclic amines) is 1. The van der Waals surface area contributed by atoms with Crippen molar-refractivity contribution in [1.29, 1.82) is 0 Å². The molecule has 1 atom stereocenters. The van der Waals surface area contributed by atoms with Crippen LogP contribution < -0.4 is 0 Å². The molecule has 72 valence electrons. The average Bonchev–Trinajstić information content (AvgIpc) is 2.34. The highest BCUT2D eigenvalue weighted by molar-refractivity contribution is 4.80. The minimum Gasteiger partial charge on any atom is -0.305 e. The van der Waals surface area contributed by atoms with E-state index in [9.17, 15) is 0 Å².